The lowest BCUT2D eigenvalue weighted by atomic mass is 9.93. The molecule has 0 aliphatic carbocycles. The molecule has 2 amide bonds. The summed E-state index contributed by atoms with van der Waals surface area (Å²) in [5.74, 6) is 0.0344. The highest BCUT2D eigenvalue weighted by Gasteiger charge is 2.45. The van der Waals surface area contributed by atoms with Crippen LogP contribution in [0.15, 0.2) is 24.3 Å². The molecule has 158 valence electrons. The second-order valence-electron chi connectivity index (χ2n) is 8.74. The normalized spacial score (nSPS) is 29.5. The summed E-state index contributed by atoms with van der Waals surface area (Å²) >= 11 is 0. The average molecular weight is 400 g/mol. The number of aryl methyl sites for hydroxylation is 1. The Morgan fingerprint density at radius 3 is 2.52 bits per heavy atom. The number of carbonyl (C=O) groups is 2. The third-order valence-electron chi connectivity index (χ3n) is 6.88. The Balaban J connectivity index is 1.35. The van der Waals surface area contributed by atoms with Gasteiger partial charge in [0, 0.05) is 36.3 Å². The zero-order chi connectivity index (χ0) is 20.4. The summed E-state index contributed by atoms with van der Waals surface area (Å²) in [5.41, 5.74) is 1.78. The fourth-order valence-electron chi connectivity index (χ4n) is 5.49. The molecule has 4 rings (SSSR count). The van der Waals surface area contributed by atoms with Crippen molar-refractivity contribution in [2.24, 2.45) is 0 Å². The number of nitrogens with one attached hydrogen (secondary N) is 1. The minimum absolute atomic E-state index is 0.0344. The second-order valence-corrected chi connectivity index (χ2v) is 8.74. The Morgan fingerprint density at radius 2 is 1.83 bits per heavy atom. The van der Waals surface area contributed by atoms with Gasteiger partial charge in [0.2, 0.25) is 0 Å². The van der Waals surface area contributed by atoms with Gasteiger partial charge in [-0.3, -0.25) is 9.69 Å². The molecule has 1 aromatic rings. The number of hydrogen-bond donors (Lipinski definition) is 1. The number of amides is 2. The van der Waals surface area contributed by atoms with E-state index in [1.165, 1.54) is 0 Å². The molecule has 0 radical (unpaired) electrons. The van der Waals surface area contributed by atoms with E-state index in [0.29, 0.717) is 24.7 Å². The molecule has 3 saturated heterocycles. The lowest BCUT2D eigenvalue weighted by Crippen LogP contribution is -2.56. The van der Waals surface area contributed by atoms with E-state index >= 15 is 0 Å². The maximum atomic E-state index is 12.7. The van der Waals surface area contributed by atoms with Crippen molar-refractivity contribution in [2.45, 2.75) is 76.5 Å². The number of likely N-dealkylation sites (tertiary alicyclic amines) is 1. The molecule has 3 aliphatic heterocycles. The summed E-state index contributed by atoms with van der Waals surface area (Å²) in [6.07, 6.45) is 6.21. The van der Waals surface area contributed by atoms with Crippen molar-refractivity contribution >= 4 is 12.0 Å². The molecule has 0 saturated carbocycles. The molecular weight excluding hydrogens is 366 g/mol. The van der Waals surface area contributed by atoms with Gasteiger partial charge in [-0.1, -0.05) is 18.2 Å². The monoisotopic (exact) mass is 399 g/mol. The number of nitrogens with zero attached hydrogens (tertiary/aromatic N) is 2. The van der Waals surface area contributed by atoms with Gasteiger partial charge in [-0.25, -0.2) is 4.79 Å². The first-order valence-corrected chi connectivity index (χ1v) is 11.1. The van der Waals surface area contributed by atoms with Gasteiger partial charge in [-0.05, 0) is 70.5 Å². The lowest BCUT2D eigenvalue weighted by molar-refractivity contribution is 0.0309. The van der Waals surface area contributed by atoms with E-state index < -0.39 is 0 Å². The molecule has 6 nitrogen and oxygen atoms in total. The Bertz CT molecular complexity index is 739. The fourth-order valence-corrected chi connectivity index (χ4v) is 5.49. The Kier molecular flexibility index (Phi) is 6.09. The quantitative estimate of drug-likeness (QED) is 0.844. The van der Waals surface area contributed by atoms with Crippen LogP contribution in [0.2, 0.25) is 0 Å². The number of ether oxygens (including phenoxy) is 1. The molecule has 6 heteroatoms. The van der Waals surface area contributed by atoms with Crippen molar-refractivity contribution in [3.8, 4) is 0 Å². The standard InChI is InChI=1S/C23H33N3O3/c1-3-29-23(28)26-18-10-11-19(26)14-20(13-18)25-12-6-8-17(15-25)24-22(27)21-9-5-4-7-16(21)2/h4-5,7,9,17-20H,3,6,8,10-15H2,1-2H3,(H,24,27)/t17-,18?,19?,20?/m0/s1. The van der Waals surface area contributed by atoms with Crippen molar-refractivity contribution in [2.75, 3.05) is 19.7 Å². The first-order chi connectivity index (χ1) is 14.1. The van der Waals surface area contributed by atoms with Crippen LogP contribution in [-0.4, -0.2) is 65.7 Å². The Labute approximate surface area is 173 Å². The van der Waals surface area contributed by atoms with E-state index in [9.17, 15) is 9.59 Å². The van der Waals surface area contributed by atoms with Crippen LogP contribution in [0.25, 0.3) is 0 Å². The van der Waals surface area contributed by atoms with Gasteiger partial charge in [0.05, 0.1) is 6.61 Å². The van der Waals surface area contributed by atoms with Crippen LogP contribution in [0.5, 0.6) is 0 Å². The highest BCUT2D eigenvalue weighted by Crippen LogP contribution is 2.38. The second kappa shape index (κ2) is 8.74. The molecule has 3 atom stereocenters. The van der Waals surface area contributed by atoms with Gasteiger partial charge in [-0.15, -0.1) is 0 Å². The highest BCUT2D eigenvalue weighted by atomic mass is 16.6. The topological polar surface area (TPSA) is 61.9 Å². The highest BCUT2D eigenvalue weighted by molar-refractivity contribution is 5.95. The van der Waals surface area contributed by atoms with E-state index in [0.717, 1.165) is 62.7 Å². The first-order valence-electron chi connectivity index (χ1n) is 11.1. The predicted molar refractivity (Wildman–Crippen MR) is 112 cm³/mol. The summed E-state index contributed by atoms with van der Waals surface area (Å²) in [5, 5.41) is 3.26. The predicted octanol–water partition coefficient (Wildman–Crippen LogP) is 3.34. The Morgan fingerprint density at radius 1 is 1.10 bits per heavy atom. The molecule has 0 spiro atoms. The minimum atomic E-state index is -0.138. The van der Waals surface area contributed by atoms with Crippen LogP contribution in [-0.2, 0) is 4.74 Å². The van der Waals surface area contributed by atoms with Crippen molar-refractivity contribution in [1.82, 2.24) is 15.1 Å². The van der Waals surface area contributed by atoms with Crippen molar-refractivity contribution in [3.63, 3.8) is 0 Å². The van der Waals surface area contributed by atoms with Crippen molar-refractivity contribution in [3.05, 3.63) is 35.4 Å². The maximum Gasteiger partial charge on any atom is 0.410 e. The van der Waals surface area contributed by atoms with Gasteiger partial charge < -0.3 is 15.0 Å². The zero-order valence-corrected chi connectivity index (χ0v) is 17.6. The molecule has 1 N–H and O–H groups in total. The third kappa shape index (κ3) is 4.27. The van der Waals surface area contributed by atoms with Crippen LogP contribution < -0.4 is 5.32 Å². The lowest BCUT2D eigenvalue weighted by Gasteiger charge is -2.45. The largest absolute Gasteiger partial charge is 0.450 e. The van der Waals surface area contributed by atoms with Crippen LogP contribution in [0.1, 0.15) is 61.4 Å². The Hall–Kier alpha value is -2.08. The van der Waals surface area contributed by atoms with E-state index in [1.54, 1.807) is 0 Å². The fraction of sp³-hybridized carbons (Fsp3) is 0.652. The van der Waals surface area contributed by atoms with Crippen molar-refractivity contribution < 1.29 is 14.3 Å². The van der Waals surface area contributed by atoms with E-state index in [-0.39, 0.29) is 18.0 Å². The van der Waals surface area contributed by atoms with Crippen LogP contribution in [0.4, 0.5) is 4.79 Å². The molecule has 29 heavy (non-hydrogen) atoms. The number of rotatable bonds is 4. The summed E-state index contributed by atoms with van der Waals surface area (Å²) in [6.45, 7) is 6.27. The van der Waals surface area contributed by atoms with Gasteiger partial charge in [0.15, 0.2) is 0 Å². The van der Waals surface area contributed by atoms with Crippen LogP contribution >= 0.6 is 0 Å². The number of benzene rings is 1. The summed E-state index contributed by atoms with van der Waals surface area (Å²) < 4.78 is 5.28. The van der Waals surface area contributed by atoms with E-state index in [4.69, 9.17) is 4.74 Å². The van der Waals surface area contributed by atoms with Crippen LogP contribution in [0.3, 0.4) is 0 Å². The summed E-state index contributed by atoms with van der Waals surface area (Å²) in [7, 11) is 0. The van der Waals surface area contributed by atoms with Gasteiger partial charge in [0.25, 0.3) is 5.91 Å². The van der Waals surface area contributed by atoms with Gasteiger partial charge >= 0.3 is 6.09 Å². The summed E-state index contributed by atoms with van der Waals surface area (Å²) in [4.78, 5) is 29.6. The number of fused-ring (bicyclic) bond motifs is 2. The smallest absolute Gasteiger partial charge is 0.410 e. The SMILES string of the molecule is CCOC(=O)N1C2CCC1CC(N1CCC[C@H](NC(=O)c3ccccc3C)C1)C2. The number of piperidine rings is 2. The van der Waals surface area contributed by atoms with Crippen LogP contribution in [0, 0.1) is 6.92 Å². The molecule has 2 bridgehead atoms. The maximum absolute atomic E-state index is 12.7. The minimum Gasteiger partial charge on any atom is -0.450 e. The average Bonchev–Trinajstić information content (AvgIpc) is 2.98. The third-order valence-corrected chi connectivity index (χ3v) is 6.88. The molecule has 1 aromatic carbocycles. The molecule has 2 unspecified atom stereocenters. The van der Waals surface area contributed by atoms with E-state index in [2.05, 4.69) is 10.2 Å². The molecule has 3 aliphatic rings. The summed E-state index contributed by atoms with van der Waals surface area (Å²) in [6, 6.07) is 9.06. The number of carbonyl (C=O) groups excluding carboxylic acids is 2. The zero-order valence-electron chi connectivity index (χ0n) is 17.6. The number of hydrogen-bond acceptors (Lipinski definition) is 4. The molecule has 3 heterocycles. The van der Waals surface area contributed by atoms with Gasteiger partial charge in [0.1, 0.15) is 0 Å². The first kappa shape index (κ1) is 20.2. The van der Waals surface area contributed by atoms with Crippen molar-refractivity contribution in [1.29, 1.82) is 0 Å². The molecule has 0 aromatic heterocycles. The van der Waals surface area contributed by atoms with E-state index in [1.807, 2.05) is 43.0 Å². The molecule has 3 fully saturated rings. The van der Waals surface area contributed by atoms with Gasteiger partial charge in [-0.2, -0.15) is 0 Å². The molecular formula is C23H33N3O3.